The number of aliphatic hydroxyl groups excluding tert-OH is 3. The van der Waals surface area contributed by atoms with Crippen molar-refractivity contribution in [3.63, 3.8) is 0 Å². The summed E-state index contributed by atoms with van der Waals surface area (Å²) in [7, 11) is 0. The Morgan fingerprint density at radius 3 is 2.31 bits per heavy atom. The fourth-order valence-electron chi connectivity index (χ4n) is 3.87. The van der Waals surface area contributed by atoms with E-state index in [1.165, 1.54) is 17.0 Å². The highest BCUT2D eigenvalue weighted by Gasteiger charge is 2.30. The van der Waals surface area contributed by atoms with E-state index in [-0.39, 0.29) is 56.0 Å². The van der Waals surface area contributed by atoms with Gasteiger partial charge in [-0.25, -0.2) is 4.39 Å². The van der Waals surface area contributed by atoms with E-state index in [0.717, 1.165) is 12.1 Å². The van der Waals surface area contributed by atoms with Gasteiger partial charge in [0.05, 0.1) is 12.6 Å². The van der Waals surface area contributed by atoms with Crippen molar-refractivity contribution in [1.29, 1.82) is 0 Å². The number of β-amino-alcohol motifs (C(OH)–C–C–N with tert-alkyl or cyclic N) is 1. The summed E-state index contributed by atoms with van der Waals surface area (Å²) >= 11 is 0. The van der Waals surface area contributed by atoms with E-state index in [0.29, 0.717) is 32.4 Å². The molecule has 4 atom stereocenters. The molecular weight excluding hydrogens is 481 g/mol. The standard InChI is InChI=1S/C24H38FN3O6.ClH/c1-16(2)13-19(26)24(33)27-9-3-4-12-34-15-21(30)22(31)20(29)14-28(11-10-27)23(32)17-5-7-18(25)8-6-17;/h5-8,16,19-22,29-31H,3-4,9-15,26H2,1-2H3;1H/t19-,20-,21+,22+;/m0./s1. The van der Waals surface area contributed by atoms with Crippen molar-refractivity contribution >= 4 is 24.2 Å². The van der Waals surface area contributed by atoms with Gasteiger partial charge in [-0.3, -0.25) is 9.59 Å². The number of nitrogens with two attached hydrogens (primary N) is 1. The number of hydrogen-bond donors (Lipinski definition) is 4. The van der Waals surface area contributed by atoms with Gasteiger partial charge in [-0.2, -0.15) is 0 Å². The number of hydrogen-bond acceptors (Lipinski definition) is 7. The molecule has 9 nitrogen and oxygen atoms in total. The summed E-state index contributed by atoms with van der Waals surface area (Å²) in [5, 5.41) is 31.0. The number of halogens is 2. The lowest BCUT2D eigenvalue weighted by molar-refractivity contribution is -0.133. The van der Waals surface area contributed by atoms with E-state index >= 15 is 0 Å². The molecule has 1 aliphatic rings. The summed E-state index contributed by atoms with van der Waals surface area (Å²) < 4.78 is 18.7. The van der Waals surface area contributed by atoms with Gasteiger partial charge < -0.3 is 35.6 Å². The molecule has 0 unspecified atom stereocenters. The lowest BCUT2D eigenvalue weighted by Crippen LogP contribution is -2.51. The number of amides is 2. The van der Waals surface area contributed by atoms with Crippen molar-refractivity contribution < 1.29 is 34.0 Å². The molecule has 1 aromatic rings. The zero-order valence-corrected chi connectivity index (χ0v) is 21.2. The Hall–Kier alpha value is -1.82. The topological polar surface area (TPSA) is 137 Å². The quantitative estimate of drug-likeness (QED) is 0.461. The molecule has 1 aliphatic heterocycles. The van der Waals surface area contributed by atoms with Crippen molar-refractivity contribution in [3.8, 4) is 0 Å². The average Bonchev–Trinajstić information content (AvgIpc) is 2.80. The Bertz CT molecular complexity index is 785. The molecule has 0 aliphatic carbocycles. The third kappa shape index (κ3) is 9.98. The van der Waals surface area contributed by atoms with Gasteiger partial charge in [-0.1, -0.05) is 13.8 Å². The summed E-state index contributed by atoms with van der Waals surface area (Å²) in [5.74, 6) is -0.964. The predicted molar refractivity (Wildman–Crippen MR) is 132 cm³/mol. The van der Waals surface area contributed by atoms with Gasteiger partial charge in [0.1, 0.15) is 24.1 Å². The first-order chi connectivity index (χ1) is 16.1. The molecule has 2 rings (SSSR count). The number of ether oxygens (including phenoxy) is 1. The maximum Gasteiger partial charge on any atom is 0.254 e. The second kappa shape index (κ2) is 15.3. The molecule has 0 aromatic heterocycles. The minimum atomic E-state index is -1.54. The fourth-order valence-corrected chi connectivity index (χ4v) is 3.87. The first-order valence-electron chi connectivity index (χ1n) is 11.8. The lowest BCUT2D eigenvalue weighted by atomic mass is 10.0. The van der Waals surface area contributed by atoms with Gasteiger partial charge >= 0.3 is 0 Å². The Balaban J connectivity index is 0.00000612. The summed E-state index contributed by atoms with van der Waals surface area (Å²) in [5.41, 5.74) is 6.33. The van der Waals surface area contributed by atoms with E-state index in [9.17, 15) is 29.3 Å². The second-order valence-corrected chi connectivity index (χ2v) is 9.23. The molecule has 0 saturated carbocycles. The average molecular weight is 520 g/mol. The van der Waals surface area contributed by atoms with Gasteiger partial charge in [0.2, 0.25) is 5.91 Å². The summed E-state index contributed by atoms with van der Waals surface area (Å²) in [6, 6.07) is 4.31. The van der Waals surface area contributed by atoms with Crippen molar-refractivity contribution in [2.45, 2.75) is 57.5 Å². The highest BCUT2D eigenvalue weighted by molar-refractivity contribution is 5.94. The Morgan fingerprint density at radius 1 is 1.06 bits per heavy atom. The van der Waals surface area contributed by atoms with E-state index < -0.39 is 36.1 Å². The molecule has 0 radical (unpaired) electrons. The molecule has 2 amide bonds. The molecule has 1 aromatic carbocycles. The smallest absolute Gasteiger partial charge is 0.254 e. The Kier molecular flexibility index (Phi) is 13.7. The maximum atomic E-state index is 13.3. The van der Waals surface area contributed by atoms with Crippen LogP contribution in [0, 0.1) is 11.7 Å². The highest BCUT2D eigenvalue weighted by Crippen LogP contribution is 2.13. The van der Waals surface area contributed by atoms with Crippen LogP contribution in [0.25, 0.3) is 0 Å². The normalized spacial score (nSPS) is 23.8. The lowest BCUT2D eigenvalue weighted by Gasteiger charge is -2.33. The Morgan fingerprint density at radius 2 is 1.69 bits per heavy atom. The molecule has 1 heterocycles. The molecule has 1 fully saturated rings. The third-order valence-corrected chi connectivity index (χ3v) is 5.82. The summed E-state index contributed by atoms with van der Waals surface area (Å²) in [6.45, 7) is 4.47. The van der Waals surface area contributed by atoms with Crippen LogP contribution in [-0.4, -0.2) is 101 Å². The van der Waals surface area contributed by atoms with Crippen LogP contribution in [0.4, 0.5) is 4.39 Å². The van der Waals surface area contributed by atoms with Crippen LogP contribution in [-0.2, 0) is 9.53 Å². The monoisotopic (exact) mass is 519 g/mol. The molecule has 5 N–H and O–H groups in total. The number of nitrogens with zero attached hydrogens (tertiary/aromatic N) is 2. The molecule has 200 valence electrons. The molecule has 1 saturated heterocycles. The van der Waals surface area contributed by atoms with Gasteiger partial charge in [0, 0.05) is 38.3 Å². The predicted octanol–water partition coefficient (Wildman–Crippen LogP) is 0.785. The number of carbonyl (C=O) groups is 2. The zero-order valence-electron chi connectivity index (χ0n) is 20.4. The fraction of sp³-hybridized carbons (Fsp3) is 0.667. The van der Waals surface area contributed by atoms with Gasteiger partial charge in [0.15, 0.2) is 0 Å². The van der Waals surface area contributed by atoms with Crippen LogP contribution < -0.4 is 5.73 Å². The van der Waals surface area contributed by atoms with E-state index in [4.69, 9.17) is 10.5 Å². The SMILES string of the molecule is CC(C)C[C@H](N)C(=O)N1CCCCOC[C@@H](O)[C@H](O)[C@@H](O)CN(C(=O)c2ccc(F)cc2)CC1.Cl. The van der Waals surface area contributed by atoms with Gasteiger partial charge in [0.25, 0.3) is 5.91 Å². The largest absolute Gasteiger partial charge is 0.388 e. The number of aliphatic hydroxyl groups is 3. The van der Waals surface area contributed by atoms with Crippen molar-refractivity contribution in [2.75, 3.05) is 39.4 Å². The van der Waals surface area contributed by atoms with Crippen LogP contribution in [0.15, 0.2) is 24.3 Å². The summed E-state index contributed by atoms with van der Waals surface area (Å²) in [6.07, 6.45) is -2.55. The van der Waals surface area contributed by atoms with E-state index in [1.807, 2.05) is 13.8 Å². The van der Waals surface area contributed by atoms with E-state index in [1.54, 1.807) is 4.90 Å². The first kappa shape index (κ1) is 31.2. The van der Waals surface area contributed by atoms with Crippen LogP contribution in [0.1, 0.15) is 43.5 Å². The molecule has 0 bridgehead atoms. The van der Waals surface area contributed by atoms with Crippen LogP contribution in [0.5, 0.6) is 0 Å². The van der Waals surface area contributed by atoms with Gasteiger partial charge in [-0.15, -0.1) is 12.4 Å². The molecule has 0 spiro atoms. The van der Waals surface area contributed by atoms with Crippen molar-refractivity contribution in [2.24, 2.45) is 11.7 Å². The third-order valence-electron chi connectivity index (χ3n) is 5.82. The molecule has 35 heavy (non-hydrogen) atoms. The molecule has 11 heteroatoms. The highest BCUT2D eigenvalue weighted by atomic mass is 35.5. The van der Waals surface area contributed by atoms with Crippen molar-refractivity contribution in [1.82, 2.24) is 9.80 Å². The van der Waals surface area contributed by atoms with Crippen LogP contribution in [0.3, 0.4) is 0 Å². The first-order valence-corrected chi connectivity index (χ1v) is 11.8. The number of carbonyl (C=O) groups excluding carboxylic acids is 2. The number of rotatable bonds is 4. The summed E-state index contributed by atoms with van der Waals surface area (Å²) in [4.78, 5) is 29.1. The van der Waals surface area contributed by atoms with Gasteiger partial charge in [-0.05, 0) is 49.4 Å². The van der Waals surface area contributed by atoms with Crippen molar-refractivity contribution in [3.05, 3.63) is 35.6 Å². The minimum absolute atomic E-state index is 0. The number of benzene rings is 1. The van der Waals surface area contributed by atoms with Crippen LogP contribution >= 0.6 is 12.4 Å². The maximum absolute atomic E-state index is 13.3. The second-order valence-electron chi connectivity index (χ2n) is 9.23. The minimum Gasteiger partial charge on any atom is -0.388 e. The molecular formula is C24H39ClFN3O6. The Labute approximate surface area is 212 Å². The van der Waals surface area contributed by atoms with E-state index in [2.05, 4.69) is 0 Å². The van der Waals surface area contributed by atoms with Crippen LogP contribution in [0.2, 0.25) is 0 Å². The zero-order chi connectivity index (χ0) is 25.3.